The minimum atomic E-state index is -3.93. The lowest BCUT2D eigenvalue weighted by molar-refractivity contribution is -0.142. The highest BCUT2D eigenvalue weighted by Gasteiger charge is 2.62. The molecule has 8 rings (SSSR count). The summed E-state index contributed by atoms with van der Waals surface area (Å²) in [5.74, 6) is -2.31. The van der Waals surface area contributed by atoms with Gasteiger partial charge in [0.25, 0.3) is 11.5 Å². The van der Waals surface area contributed by atoms with Crippen molar-refractivity contribution < 1.29 is 41.8 Å². The monoisotopic (exact) mass is 820 g/mol. The summed E-state index contributed by atoms with van der Waals surface area (Å²) >= 11 is 0. The topological polar surface area (TPSA) is 204 Å². The average Bonchev–Trinajstić information content (AvgIpc) is 3.99. The molecule has 0 spiro atoms. The molecule has 1 aromatic heterocycles. The normalized spacial score (nSPS) is 31.1. The van der Waals surface area contributed by atoms with E-state index in [0.717, 1.165) is 32.1 Å². The predicted molar refractivity (Wildman–Crippen MR) is 211 cm³/mol. The Balaban J connectivity index is 1.16. The van der Waals surface area contributed by atoms with Gasteiger partial charge in [0.15, 0.2) is 0 Å². The first-order chi connectivity index (χ1) is 27.9. The number of hydrogen-bond acceptors (Lipinski definition) is 11. The highest BCUT2D eigenvalue weighted by atomic mass is 32.2. The van der Waals surface area contributed by atoms with Crippen LogP contribution in [0.2, 0.25) is 0 Å². The minimum absolute atomic E-state index is 0.0221. The number of para-hydroxylation sites is 1. The maximum Gasteiger partial charge on any atom is 0.408 e. The maximum absolute atomic E-state index is 14.9. The number of nitrogens with zero attached hydrogens (tertiary/aromatic N) is 3. The Morgan fingerprint density at radius 3 is 2.52 bits per heavy atom. The Bertz CT molecular complexity index is 2180. The number of rotatable bonds is 8. The van der Waals surface area contributed by atoms with Gasteiger partial charge >= 0.3 is 12.1 Å². The van der Waals surface area contributed by atoms with Crippen LogP contribution < -0.4 is 30.4 Å². The summed E-state index contributed by atoms with van der Waals surface area (Å²) in [6.07, 6.45) is 11.6. The molecule has 1 saturated heterocycles. The summed E-state index contributed by atoms with van der Waals surface area (Å²) in [4.78, 5) is 76.9. The first-order valence-corrected chi connectivity index (χ1v) is 22.1. The van der Waals surface area contributed by atoms with E-state index < -0.39 is 68.7 Å². The molecule has 312 valence electrons. The molecule has 0 unspecified atom stereocenters. The van der Waals surface area contributed by atoms with Gasteiger partial charge in [0.1, 0.15) is 41.1 Å². The number of ether oxygens (including phenoxy) is 3. The van der Waals surface area contributed by atoms with Gasteiger partial charge in [0, 0.05) is 18.9 Å². The van der Waals surface area contributed by atoms with Crippen molar-refractivity contribution in [2.45, 2.75) is 125 Å². The largest absolute Gasteiger partial charge is 0.494 e. The molecule has 0 radical (unpaired) electrons. The fourth-order valence-corrected chi connectivity index (χ4v) is 10.8. The maximum atomic E-state index is 14.9. The Morgan fingerprint density at radius 2 is 1.79 bits per heavy atom. The number of allylic oxidation sites excluding steroid dienone is 2. The predicted octanol–water partition coefficient (Wildman–Crippen LogP) is 3.23. The number of amides is 4. The molecule has 16 nitrogen and oxygen atoms in total. The molecule has 2 bridgehead atoms. The average molecular weight is 821 g/mol. The van der Waals surface area contributed by atoms with E-state index in [9.17, 15) is 32.4 Å². The van der Waals surface area contributed by atoms with Gasteiger partial charge in [-0.25, -0.2) is 13.2 Å². The van der Waals surface area contributed by atoms with Gasteiger partial charge in [0.2, 0.25) is 21.8 Å². The summed E-state index contributed by atoms with van der Waals surface area (Å²) in [6, 6.07) is 2.84. The molecule has 17 heteroatoms. The number of carbonyl (C=O) groups excluding carboxylic acids is 4. The van der Waals surface area contributed by atoms with Crippen molar-refractivity contribution in [2.24, 2.45) is 17.8 Å². The summed E-state index contributed by atoms with van der Waals surface area (Å²) < 4.78 is 47.3. The number of nitrogens with one attached hydrogen (secondary N) is 3. The second kappa shape index (κ2) is 16.0. The van der Waals surface area contributed by atoms with Gasteiger partial charge in [-0.1, -0.05) is 37.1 Å². The standard InChI is InChI=1S/C41H52N6O10S/c1-3-26-22-41(26,38(51)45-58(53,54)28-18-19-28)44-35(48)30-21-27-23-47(30)37(50)33(25-12-6-7-13-25)43-40(52)57-31-16-9-14-24(31)11-5-4-8-20-46-36(49)29-15-10-17-32(55-2)34(29)42-39(46)56-27/h3-4,8,10,15,17,24-28,30-31,33H,1,5-7,9,11-14,16,18-23H2,2H3,(H,43,52)(H,44,48)(H,45,51)/b8-4+/t24-,26-,27-,30+,31-,33+,41+/m1/s1. The lowest BCUT2D eigenvalue weighted by Gasteiger charge is -2.32. The van der Waals surface area contributed by atoms with E-state index in [1.165, 1.54) is 22.7 Å². The molecular formula is C41H52N6O10S. The van der Waals surface area contributed by atoms with Gasteiger partial charge in [0.05, 0.1) is 24.3 Å². The molecule has 1 aromatic carbocycles. The van der Waals surface area contributed by atoms with Gasteiger partial charge in [-0.15, -0.1) is 6.58 Å². The molecule has 4 amide bonds. The second-order valence-corrected chi connectivity index (χ2v) is 18.6. The third-order valence-electron chi connectivity index (χ3n) is 12.9. The molecule has 6 aliphatic rings. The number of fused-ring (bicyclic) bond motifs is 5. The number of alkyl carbamates (subject to hydrolysis) is 1. The van der Waals surface area contributed by atoms with E-state index in [2.05, 4.69) is 21.9 Å². The molecule has 4 saturated carbocycles. The molecule has 3 heterocycles. The SMILES string of the molecule is C=C[C@@H]1C[C@@]1(NC(=O)[C@@H]1C[C@@H]2CN1C(=O)[C@H](C1CCCC1)NC(=O)O[C@@H]1CCC[C@H]1CC/C=C/Cn1c(nc3c(OC)cccc3c1=O)O2)C(=O)NS(=O)(=O)C1CC1. The minimum Gasteiger partial charge on any atom is -0.494 e. The summed E-state index contributed by atoms with van der Waals surface area (Å²) in [6.45, 7) is 3.82. The molecule has 5 fully saturated rings. The molecule has 7 atom stereocenters. The highest BCUT2D eigenvalue weighted by molar-refractivity contribution is 7.91. The van der Waals surface area contributed by atoms with Gasteiger partial charge in [-0.05, 0) is 88.2 Å². The van der Waals surface area contributed by atoms with Crippen LogP contribution in [0.25, 0.3) is 10.9 Å². The Kier molecular flexibility index (Phi) is 11.0. The number of carbonyl (C=O) groups is 4. The Hall–Kier alpha value is -4.93. The Labute approximate surface area is 337 Å². The first-order valence-electron chi connectivity index (χ1n) is 20.6. The molecular weight excluding hydrogens is 769 g/mol. The van der Waals surface area contributed by atoms with Crippen LogP contribution in [0, 0.1) is 17.8 Å². The van der Waals surface area contributed by atoms with E-state index in [1.807, 2.05) is 12.2 Å². The molecule has 4 aliphatic carbocycles. The van der Waals surface area contributed by atoms with Crippen LogP contribution in [-0.4, -0.2) is 95.4 Å². The van der Waals surface area contributed by atoms with Crippen LogP contribution in [0.4, 0.5) is 4.79 Å². The Morgan fingerprint density at radius 1 is 1.02 bits per heavy atom. The van der Waals surface area contributed by atoms with Crippen LogP contribution in [-0.2, 0) is 35.7 Å². The van der Waals surface area contributed by atoms with Crippen molar-refractivity contribution in [3.05, 3.63) is 53.4 Å². The van der Waals surface area contributed by atoms with Crippen molar-refractivity contribution in [2.75, 3.05) is 13.7 Å². The number of methoxy groups -OCH3 is 1. The molecule has 2 aliphatic heterocycles. The van der Waals surface area contributed by atoms with Crippen molar-refractivity contribution >= 4 is 44.7 Å². The van der Waals surface area contributed by atoms with Gasteiger partial charge < -0.3 is 29.7 Å². The molecule has 58 heavy (non-hydrogen) atoms. The van der Waals surface area contributed by atoms with Crippen molar-refractivity contribution in [1.82, 2.24) is 29.8 Å². The third kappa shape index (κ3) is 7.81. The lowest BCUT2D eigenvalue weighted by atomic mass is 9.96. The van der Waals surface area contributed by atoms with E-state index in [-0.39, 0.29) is 55.4 Å². The number of aromatic nitrogens is 2. The van der Waals surface area contributed by atoms with Crippen molar-refractivity contribution in [1.29, 1.82) is 0 Å². The zero-order chi connectivity index (χ0) is 40.8. The van der Waals surface area contributed by atoms with Gasteiger partial charge in [-0.3, -0.25) is 28.5 Å². The van der Waals surface area contributed by atoms with Gasteiger partial charge in [-0.2, -0.15) is 4.98 Å². The van der Waals surface area contributed by atoms with E-state index in [1.54, 1.807) is 18.2 Å². The summed E-state index contributed by atoms with van der Waals surface area (Å²) in [5, 5.41) is 5.39. The fourth-order valence-electron chi connectivity index (χ4n) is 9.40. The quantitative estimate of drug-likeness (QED) is 0.330. The van der Waals surface area contributed by atoms with Crippen molar-refractivity contribution in [3.8, 4) is 11.8 Å². The van der Waals surface area contributed by atoms with Crippen LogP contribution in [0.1, 0.15) is 83.5 Å². The van der Waals surface area contributed by atoms with Crippen molar-refractivity contribution in [3.63, 3.8) is 0 Å². The van der Waals surface area contributed by atoms with Crippen LogP contribution in [0.15, 0.2) is 47.8 Å². The van der Waals surface area contributed by atoms with E-state index in [0.29, 0.717) is 55.2 Å². The van der Waals surface area contributed by atoms with E-state index >= 15 is 0 Å². The fraction of sp³-hybridized carbons (Fsp3) is 0.610. The molecule has 3 N–H and O–H groups in total. The van der Waals surface area contributed by atoms with Crippen LogP contribution >= 0.6 is 0 Å². The second-order valence-electron chi connectivity index (χ2n) is 16.7. The lowest BCUT2D eigenvalue weighted by Crippen LogP contribution is -2.59. The number of hydrogen-bond donors (Lipinski definition) is 3. The first kappa shape index (κ1) is 39.9. The van der Waals surface area contributed by atoms with Crippen LogP contribution in [0.5, 0.6) is 11.8 Å². The number of sulfonamides is 1. The van der Waals surface area contributed by atoms with E-state index in [4.69, 9.17) is 19.2 Å². The zero-order valence-corrected chi connectivity index (χ0v) is 33.5. The summed E-state index contributed by atoms with van der Waals surface area (Å²) in [5.41, 5.74) is -1.65. The summed E-state index contributed by atoms with van der Waals surface area (Å²) in [7, 11) is -2.45. The third-order valence-corrected chi connectivity index (χ3v) is 14.7. The number of benzene rings is 1. The molecule has 2 aromatic rings. The highest BCUT2D eigenvalue weighted by Crippen LogP contribution is 2.46. The van der Waals surface area contributed by atoms with Crippen LogP contribution in [0.3, 0.4) is 0 Å². The zero-order valence-electron chi connectivity index (χ0n) is 32.7. The smallest absolute Gasteiger partial charge is 0.408 e.